The molecule has 0 atom stereocenters. The average molecular weight is 359 g/mol. The molecule has 0 unspecified atom stereocenters. The first kappa shape index (κ1) is 19.8. The molecular formula is C18H22BNO6. The van der Waals surface area contributed by atoms with E-state index < -0.39 is 13.1 Å². The van der Waals surface area contributed by atoms with Gasteiger partial charge in [-0.1, -0.05) is 12.1 Å². The third kappa shape index (κ3) is 6.07. The SMILES string of the molecule is CC(=O)O.NCCCOc1cccc(Oc2ccc3c(c2)B(O)OC3)c1. The first-order valence-corrected chi connectivity index (χ1v) is 8.22. The summed E-state index contributed by atoms with van der Waals surface area (Å²) < 4.78 is 16.6. The molecule has 0 amide bonds. The summed E-state index contributed by atoms with van der Waals surface area (Å²) in [7, 11) is -0.871. The molecule has 0 saturated heterocycles. The Hall–Kier alpha value is -2.55. The Balaban J connectivity index is 0.000000552. The molecule has 4 N–H and O–H groups in total. The van der Waals surface area contributed by atoms with E-state index in [1.54, 1.807) is 6.07 Å². The first-order chi connectivity index (χ1) is 12.5. The molecule has 0 bridgehead atoms. The molecule has 138 valence electrons. The van der Waals surface area contributed by atoms with Crippen molar-refractivity contribution in [3.63, 3.8) is 0 Å². The van der Waals surface area contributed by atoms with E-state index in [1.165, 1.54) is 0 Å². The Morgan fingerprint density at radius 3 is 2.65 bits per heavy atom. The smallest absolute Gasteiger partial charge is 0.491 e. The summed E-state index contributed by atoms with van der Waals surface area (Å²) in [6, 6.07) is 13.0. The maximum absolute atomic E-state index is 9.73. The lowest BCUT2D eigenvalue weighted by molar-refractivity contribution is -0.134. The summed E-state index contributed by atoms with van der Waals surface area (Å²) in [5.74, 6) is 1.25. The van der Waals surface area contributed by atoms with Crippen LogP contribution in [0.2, 0.25) is 0 Å². The summed E-state index contributed by atoms with van der Waals surface area (Å²) in [6.07, 6.45) is 0.813. The number of hydrogen-bond donors (Lipinski definition) is 3. The van der Waals surface area contributed by atoms with Gasteiger partial charge < -0.3 is 30.0 Å². The van der Waals surface area contributed by atoms with Crippen LogP contribution in [0.4, 0.5) is 0 Å². The van der Waals surface area contributed by atoms with Gasteiger partial charge in [-0.15, -0.1) is 0 Å². The van der Waals surface area contributed by atoms with Gasteiger partial charge in [0.2, 0.25) is 0 Å². The van der Waals surface area contributed by atoms with Crippen molar-refractivity contribution in [2.45, 2.75) is 20.0 Å². The van der Waals surface area contributed by atoms with Gasteiger partial charge in [0.1, 0.15) is 17.2 Å². The summed E-state index contributed by atoms with van der Waals surface area (Å²) in [5, 5.41) is 17.1. The highest BCUT2D eigenvalue weighted by molar-refractivity contribution is 6.61. The number of rotatable bonds is 6. The number of hydrogen-bond acceptors (Lipinski definition) is 6. The largest absolute Gasteiger partial charge is 0.493 e. The van der Waals surface area contributed by atoms with Gasteiger partial charge >= 0.3 is 7.12 Å². The minimum Gasteiger partial charge on any atom is -0.493 e. The van der Waals surface area contributed by atoms with E-state index >= 15 is 0 Å². The van der Waals surface area contributed by atoms with Gasteiger partial charge in [0.25, 0.3) is 5.97 Å². The van der Waals surface area contributed by atoms with Crippen molar-refractivity contribution in [1.82, 2.24) is 0 Å². The minimum atomic E-state index is -0.871. The predicted octanol–water partition coefficient (Wildman–Crippen LogP) is 1.52. The number of benzene rings is 2. The van der Waals surface area contributed by atoms with E-state index in [1.807, 2.05) is 36.4 Å². The van der Waals surface area contributed by atoms with Gasteiger partial charge in [-0.25, -0.2) is 0 Å². The van der Waals surface area contributed by atoms with Gasteiger partial charge in [-0.3, -0.25) is 4.79 Å². The fraction of sp³-hybridized carbons (Fsp3) is 0.278. The quantitative estimate of drug-likeness (QED) is 0.530. The lowest BCUT2D eigenvalue weighted by atomic mass is 9.79. The van der Waals surface area contributed by atoms with Crippen molar-refractivity contribution in [3.8, 4) is 17.2 Å². The second-order valence-electron chi connectivity index (χ2n) is 5.61. The van der Waals surface area contributed by atoms with Crippen LogP contribution in [0, 0.1) is 0 Å². The number of ether oxygens (including phenoxy) is 2. The molecule has 26 heavy (non-hydrogen) atoms. The Morgan fingerprint density at radius 1 is 1.23 bits per heavy atom. The average Bonchev–Trinajstić information content (AvgIpc) is 2.96. The van der Waals surface area contributed by atoms with Crippen molar-refractivity contribution in [1.29, 1.82) is 0 Å². The number of carbonyl (C=O) groups is 1. The van der Waals surface area contributed by atoms with Crippen LogP contribution in [0.3, 0.4) is 0 Å². The Morgan fingerprint density at radius 2 is 1.92 bits per heavy atom. The highest BCUT2D eigenvalue weighted by Gasteiger charge is 2.27. The molecule has 0 spiro atoms. The van der Waals surface area contributed by atoms with E-state index in [2.05, 4.69) is 0 Å². The molecule has 7 nitrogen and oxygen atoms in total. The molecule has 1 heterocycles. The lowest BCUT2D eigenvalue weighted by Crippen LogP contribution is -2.27. The van der Waals surface area contributed by atoms with Gasteiger partial charge in [0.05, 0.1) is 13.2 Å². The van der Waals surface area contributed by atoms with Crippen LogP contribution < -0.4 is 20.7 Å². The van der Waals surface area contributed by atoms with Crippen LogP contribution >= 0.6 is 0 Å². The Bertz CT molecular complexity index is 735. The third-order valence-corrected chi connectivity index (χ3v) is 3.44. The third-order valence-electron chi connectivity index (χ3n) is 3.44. The van der Waals surface area contributed by atoms with E-state index in [0.717, 1.165) is 30.1 Å². The molecule has 0 aromatic heterocycles. The van der Waals surface area contributed by atoms with Gasteiger partial charge in [-0.2, -0.15) is 0 Å². The molecule has 2 aromatic carbocycles. The molecule has 8 heteroatoms. The highest BCUT2D eigenvalue weighted by Crippen LogP contribution is 2.26. The summed E-state index contributed by atoms with van der Waals surface area (Å²) in [4.78, 5) is 9.00. The van der Waals surface area contributed by atoms with Gasteiger partial charge in [-0.05, 0) is 48.3 Å². The van der Waals surface area contributed by atoms with Crippen LogP contribution in [0.1, 0.15) is 18.9 Å². The second kappa shape index (κ2) is 9.81. The normalized spacial score (nSPS) is 12.0. The zero-order valence-corrected chi connectivity index (χ0v) is 14.6. The summed E-state index contributed by atoms with van der Waals surface area (Å²) >= 11 is 0. The molecule has 1 aliphatic heterocycles. The number of nitrogens with two attached hydrogens (primary N) is 1. The molecule has 0 radical (unpaired) electrons. The maximum Gasteiger partial charge on any atom is 0.491 e. The number of carboxylic acid groups (broad SMARTS) is 1. The van der Waals surface area contributed by atoms with E-state index in [4.69, 9.17) is 29.8 Å². The fourth-order valence-electron chi connectivity index (χ4n) is 2.29. The van der Waals surface area contributed by atoms with Crippen LogP contribution in [0.5, 0.6) is 17.2 Å². The highest BCUT2D eigenvalue weighted by atomic mass is 16.5. The zero-order chi connectivity index (χ0) is 18.9. The monoisotopic (exact) mass is 359 g/mol. The second-order valence-corrected chi connectivity index (χ2v) is 5.61. The van der Waals surface area contributed by atoms with E-state index in [-0.39, 0.29) is 0 Å². The minimum absolute atomic E-state index is 0.432. The maximum atomic E-state index is 9.73. The van der Waals surface area contributed by atoms with Gasteiger partial charge in [0, 0.05) is 13.0 Å². The van der Waals surface area contributed by atoms with Crippen LogP contribution in [-0.4, -0.2) is 36.4 Å². The summed E-state index contributed by atoms with van der Waals surface area (Å²) in [6.45, 7) is 2.71. The zero-order valence-electron chi connectivity index (χ0n) is 14.6. The van der Waals surface area contributed by atoms with Crippen LogP contribution in [0.15, 0.2) is 42.5 Å². The molecule has 3 rings (SSSR count). The van der Waals surface area contributed by atoms with E-state index in [9.17, 15) is 5.02 Å². The van der Waals surface area contributed by atoms with Gasteiger partial charge in [0.15, 0.2) is 0 Å². The Kier molecular flexibility index (Phi) is 7.46. The van der Waals surface area contributed by atoms with E-state index in [0.29, 0.717) is 31.3 Å². The molecule has 0 saturated carbocycles. The van der Waals surface area contributed by atoms with Crippen LogP contribution in [0.25, 0.3) is 0 Å². The van der Waals surface area contributed by atoms with Crippen molar-refractivity contribution >= 4 is 18.6 Å². The van der Waals surface area contributed by atoms with Crippen molar-refractivity contribution in [3.05, 3.63) is 48.0 Å². The number of fused-ring (bicyclic) bond motifs is 1. The molecule has 0 fully saturated rings. The fourth-order valence-corrected chi connectivity index (χ4v) is 2.29. The molecular weight excluding hydrogens is 337 g/mol. The number of aliphatic carboxylic acids is 1. The van der Waals surface area contributed by atoms with Crippen LogP contribution in [-0.2, 0) is 16.1 Å². The Labute approximate surface area is 152 Å². The lowest BCUT2D eigenvalue weighted by Gasteiger charge is -2.10. The van der Waals surface area contributed by atoms with Crippen molar-refractivity contribution in [2.75, 3.05) is 13.2 Å². The summed E-state index contributed by atoms with van der Waals surface area (Å²) in [5.41, 5.74) is 7.19. The van der Waals surface area contributed by atoms with Crippen molar-refractivity contribution < 1.29 is 29.1 Å². The standard InChI is InChI=1S/C16H18BNO4.C2H4O2/c18-7-2-8-20-13-3-1-4-14(9-13)22-15-6-5-12-11-21-17(19)16(12)10-15;1-2(3)4/h1,3-6,9-10,19H,2,7-8,11,18H2;1H3,(H,3,4). The predicted molar refractivity (Wildman–Crippen MR) is 97.8 cm³/mol. The molecule has 1 aliphatic rings. The molecule has 2 aromatic rings. The number of carboxylic acids is 1. The first-order valence-electron chi connectivity index (χ1n) is 8.22. The topological polar surface area (TPSA) is 111 Å². The van der Waals surface area contributed by atoms with Crippen molar-refractivity contribution in [2.24, 2.45) is 5.73 Å². The molecule has 0 aliphatic carbocycles.